The summed E-state index contributed by atoms with van der Waals surface area (Å²) in [5.74, 6) is -0.989. The minimum atomic E-state index is -0.756. The van der Waals surface area contributed by atoms with Crippen molar-refractivity contribution in [2.24, 2.45) is 5.73 Å². The summed E-state index contributed by atoms with van der Waals surface area (Å²) in [5, 5.41) is 2.53. The normalized spacial score (nSPS) is 13.9. The molecule has 2 atom stereocenters. The number of hydrogen-bond donors (Lipinski definition) is 2. The summed E-state index contributed by atoms with van der Waals surface area (Å²) in [6.45, 7) is 1.53. The van der Waals surface area contributed by atoms with E-state index in [1.165, 1.54) is 13.0 Å². The van der Waals surface area contributed by atoms with Gasteiger partial charge in [-0.1, -0.05) is 6.07 Å². The lowest BCUT2D eigenvalue weighted by Crippen LogP contribution is -2.42. The third kappa shape index (κ3) is 4.47. The van der Waals surface area contributed by atoms with Crippen LogP contribution < -0.4 is 11.1 Å². The summed E-state index contributed by atoms with van der Waals surface area (Å²) in [5.41, 5.74) is 5.55. The van der Waals surface area contributed by atoms with E-state index in [4.69, 9.17) is 5.73 Å². The van der Waals surface area contributed by atoms with Crippen molar-refractivity contribution in [1.29, 1.82) is 0 Å². The number of nitrogens with one attached hydrogen (secondary N) is 1. The number of thioether (sulfide) groups is 1. The summed E-state index contributed by atoms with van der Waals surface area (Å²) in [6.07, 6.45) is 2.45. The highest BCUT2D eigenvalue weighted by Gasteiger charge is 2.20. The van der Waals surface area contributed by atoms with Gasteiger partial charge in [0.25, 0.3) is 0 Å². The molecule has 106 valence electrons. The van der Waals surface area contributed by atoms with Gasteiger partial charge in [-0.2, -0.15) is 11.8 Å². The van der Waals surface area contributed by atoms with Crippen LogP contribution in [-0.2, 0) is 4.79 Å². The summed E-state index contributed by atoms with van der Waals surface area (Å²) in [6, 6.07) is 2.19. The number of amides is 1. The maximum atomic E-state index is 13.5. The van der Waals surface area contributed by atoms with Crippen LogP contribution in [0, 0.1) is 11.6 Å². The molecule has 1 amide bonds. The molecule has 0 aliphatic heterocycles. The largest absolute Gasteiger partial charge is 0.348 e. The van der Waals surface area contributed by atoms with Gasteiger partial charge in [-0.15, -0.1) is 0 Å². The first kappa shape index (κ1) is 15.9. The van der Waals surface area contributed by atoms with Crippen molar-refractivity contribution < 1.29 is 13.6 Å². The molecule has 0 spiro atoms. The zero-order valence-electron chi connectivity index (χ0n) is 11.0. The van der Waals surface area contributed by atoms with Gasteiger partial charge in [0.05, 0.1) is 12.1 Å². The van der Waals surface area contributed by atoms with Gasteiger partial charge in [0, 0.05) is 5.56 Å². The molecular formula is C13H18F2N2OS. The molecule has 3 nitrogen and oxygen atoms in total. The summed E-state index contributed by atoms with van der Waals surface area (Å²) in [4.78, 5) is 11.8. The number of hydrogen-bond acceptors (Lipinski definition) is 3. The van der Waals surface area contributed by atoms with Crippen LogP contribution in [0.1, 0.15) is 24.9 Å². The average molecular weight is 288 g/mol. The van der Waals surface area contributed by atoms with Crippen molar-refractivity contribution in [2.75, 3.05) is 12.0 Å². The van der Waals surface area contributed by atoms with E-state index in [9.17, 15) is 13.6 Å². The molecule has 3 N–H and O–H groups in total. The van der Waals surface area contributed by atoms with Crippen LogP contribution in [0.3, 0.4) is 0 Å². The smallest absolute Gasteiger partial charge is 0.237 e. The molecule has 0 aliphatic rings. The molecule has 0 radical (unpaired) electrons. The fourth-order valence-corrected chi connectivity index (χ4v) is 2.18. The first-order valence-corrected chi connectivity index (χ1v) is 7.35. The predicted molar refractivity (Wildman–Crippen MR) is 73.9 cm³/mol. The van der Waals surface area contributed by atoms with E-state index in [0.717, 1.165) is 17.9 Å². The molecule has 19 heavy (non-hydrogen) atoms. The molecule has 6 heteroatoms. The zero-order chi connectivity index (χ0) is 14.4. The number of rotatable bonds is 6. The van der Waals surface area contributed by atoms with Crippen molar-refractivity contribution >= 4 is 17.7 Å². The van der Waals surface area contributed by atoms with Crippen LogP contribution in [0.4, 0.5) is 8.78 Å². The second-order valence-electron chi connectivity index (χ2n) is 4.25. The number of carbonyl (C=O) groups excluding carboxylic acids is 1. The minimum Gasteiger partial charge on any atom is -0.348 e. The maximum absolute atomic E-state index is 13.5. The molecule has 1 rings (SSSR count). The quantitative estimate of drug-likeness (QED) is 0.844. The second-order valence-corrected chi connectivity index (χ2v) is 5.24. The first-order valence-electron chi connectivity index (χ1n) is 5.96. The predicted octanol–water partition coefficient (Wildman–Crippen LogP) is 2.22. The SMILES string of the molecule is CSCC[C@@H](N)C(=O)NC(C)c1c(F)cccc1F. The van der Waals surface area contributed by atoms with E-state index >= 15 is 0 Å². The topological polar surface area (TPSA) is 55.1 Å². The Morgan fingerprint density at radius 1 is 1.42 bits per heavy atom. The average Bonchev–Trinajstić information content (AvgIpc) is 2.35. The van der Waals surface area contributed by atoms with Gasteiger partial charge in [-0.3, -0.25) is 4.79 Å². The maximum Gasteiger partial charge on any atom is 0.237 e. The number of nitrogens with two attached hydrogens (primary N) is 1. The fourth-order valence-electron chi connectivity index (χ4n) is 1.69. The van der Waals surface area contributed by atoms with E-state index in [1.807, 2.05) is 6.26 Å². The first-order chi connectivity index (χ1) is 8.97. The molecule has 0 bridgehead atoms. The lowest BCUT2D eigenvalue weighted by Gasteiger charge is -2.18. The van der Waals surface area contributed by atoms with E-state index in [0.29, 0.717) is 6.42 Å². The molecule has 0 aliphatic carbocycles. The molecule has 1 aromatic rings. The van der Waals surface area contributed by atoms with Crippen LogP contribution in [0.2, 0.25) is 0 Å². The van der Waals surface area contributed by atoms with Gasteiger partial charge in [0.1, 0.15) is 11.6 Å². The van der Waals surface area contributed by atoms with Crippen LogP contribution >= 0.6 is 11.8 Å². The van der Waals surface area contributed by atoms with Gasteiger partial charge < -0.3 is 11.1 Å². The lowest BCUT2D eigenvalue weighted by molar-refractivity contribution is -0.123. The van der Waals surface area contributed by atoms with Crippen molar-refractivity contribution in [3.05, 3.63) is 35.4 Å². The van der Waals surface area contributed by atoms with Crippen LogP contribution in [-0.4, -0.2) is 24.0 Å². The fraction of sp³-hybridized carbons (Fsp3) is 0.462. The van der Waals surface area contributed by atoms with E-state index in [-0.39, 0.29) is 5.56 Å². The third-order valence-corrected chi connectivity index (χ3v) is 3.41. The summed E-state index contributed by atoms with van der Waals surface area (Å²) < 4.78 is 27.1. The lowest BCUT2D eigenvalue weighted by atomic mass is 10.1. The Labute approximate surface area is 115 Å². The van der Waals surface area contributed by atoms with Gasteiger partial charge in [-0.25, -0.2) is 8.78 Å². The Bertz CT molecular complexity index is 422. The van der Waals surface area contributed by atoms with Gasteiger partial charge in [0.15, 0.2) is 0 Å². The van der Waals surface area contributed by atoms with E-state index in [2.05, 4.69) is 5.32 Å². The molecule has 0 saturated carbocycles. The molecule has 0 heterocycles. The number of halogens is 2. The second kappa shape index (κ2) is 7.45. The van der Waals surface area contributed by atoms with Crippen molar-refractivity contribution in [2.45, 2.75) is 25.4 Å². The molecule has 0 saturated heterocycles. The van der Waals surface area contributed by atoms with Gasteiger partial charge in [0.2, 0.25) is 5.91 Å². The van der Waals surface area contributed by atoms with Gasteiger partial charge >= 0.3 is 0 Å². The minimum absolute atomic E-state index is 0.145. The summed E-state index contributed by atoms with van der Waals surface area (Å²) in [7, 11) is 0. The van der Waals surface area contributed by atoms with Crippen molar-refractivity contribution in [1.82, 2.24) is 5.32 Å². The molecule has 1 unspecified atom stereocenters. The third-order valence-electron chi connectivity index (χ3n) is 2.76. The Balaban J connectivity index is 2.69. The van der Waals surface area contributed by atoms with E-state index in [1.54, 1.807) is 11.8 Å². The monoisotopic (exact) mass is 288 g/mol. The highest BCUT2D eigenvalue weighted by molar-refractivity contribution is 7.98. The van der Waals surface area contributed by atoms with Crippen molar-refractivity contribution in [3.63, 3.8) is 0 Å². The number of benzene rings is 1. The zero-order valence-corrected chi connectivity index (χ0v) is 11.8. The van der Waals surface area contributed by atoms with Crippen LogP contribution in [0.25, 0.3) is 0 Å². The molecular weight excluding hydrogens is 270 g/mol. The Morgan fingerprint density at radius 3 is 2.53 bits per heavy atom. The van der Waals surface area contributed by atoms with Gasteiger partial charge in [-0.05, 0) is 37.5 Å². The molecule has 0 aromatic heterocycles. The Morgan fingerprint density at radius 2 is 2.00 bits per heavy atom. The molecule has 1 aromatic carbocycles. The van der Waals surface area contributed by atoms with Crippen LogP contribution in [0.15, 0.2) is 18.2 Å². The Kier molecular flexibility index (Phi) is 6.24. The highest BCUT2D eigenvalue weighted by atomic mass is 32.2. The van der Waals surface area contributed by atoms with E-state index < -0.39 is 29.6 Å². The summed E-state index contributed by atoms with van der Waals surface area (Å²) >= 11 is 1.59. The van der Waals surface area contributed by atoms with Crippen molar-refractivity contribution in [3.8, 4) is 0 Å². The van der Waals surface area contributed by atoms with Crippen LogP contribution in [0.5, 0.6) is 0 Å². The number of carbonyl (C=O) groups is 1. The highest BCUT2D eigenvalue weighted by Crippen LogP contribution is 2.20. The molecule has 0 fully saturated rings. The Hall–Kier alpha value is -1.14. The standard InChI is InChI=1S/C13H18F2N2OS/c1-8(12-9(14)4-3-5-10(12)15)17-13(18)11(16)6-7-19-2/h3-5,8,11H,6-7,16H2,1-2H3,(H,17,18)/t8?,11-/m1/s1.